The Kier molecular flexibility index (Phi) is 3.99. The third-order valence-corrected chi connectivity index (χ3v) is 4.12. The van der Waals surface area contributed by atoms with E-state index in [2.05, 4.69) is 32.9 Å². The van der Waals surface area contributed by atoms with Crippen LogP contribution in [0.5, 0.6) is 5.75 Å². The van der Waals surface area contributed by atoms with Gasteiger partial charge in [0, 0.05) is 0 Å². The fourth-order valence-electron chi connectivity index (χ4n) is 3.06. The molecule has 2 rings (SSSR count). The molecule has 1 aromatic carbocycles. The highest BCUT2D eigenvalue weighted by Gasteiger charge is 2.19. The molecule has 1 fully saturated rings. The van der Waals surface area contributed by atoms with Crippen LogP contribution >= 0.6 is 0 Å². The van der Waals surface area contributed by atoms with Gasteiger partial charge in [-0.15, -0.1) is 0 Å². The summed E-state index contributed by atoms with van der Waals surface area (Å²) in [5, 5.41) is 10.2. The first-order valence-electron chi connectivity index (χ1n) is 7.29. The average molecular weight is 246 g/mol. The van der Waals surface area contributed by atoms with Crippen LogP contribution in [0.4, 0.5) is 0 Å². The molecule has 0 unspecified atom stereocenters. The Balaban J connectivity index is 2.08. The van der Waals surface area contributed by atoms with Crippen LogP contribution in [0.25, 0.3) is 0 Å². The highest BCUT2D eigenvalue weighted by molar-refractivity contribution is 5.40. The molecule has 1 aliphatic rings. The van der Waals surface area contributed by atoms with E-state index < -0.39 is 0 Å². The summed E-state index contributed by atoms with van der Waals surface area (Å²) in [6.07, 6.45) is 8.04. The van der Waals surface area contributed by atoms with Crippen molar-refractivity contribution in [3.63, 3.8) is 0 Å². The second-order valence-corrected chi connectivity index (χ2v) is 6.81. The molecule has 0 bridgehead atoms. The number of hydrogen-bond donors (Lipinski definition) is 1. The third kappa shape index (κ3) is 3.28. The van der Waals surface area contributed by atoms with Crippen LogP contribution in [-0.2, 0) is 11.8 Å². The van der Waals surface area contributed by atoms with E-state index in [0.29, 0.717) is 5.75 Å². The highest BCUT2D eigenvalue weighted by Crippen LogP contribution is 2.33. The molecule has 0 amide bonds. The van der Waals surface area contributed by atoms with Crippen molar-refractivity contribution in [3.05, 3.63) is 29.3 Å². The van der Waals surface area contributed by atoms with Gasteiger partial charge in [0.15, 0.2) is 0 Å². The lowest BCUT2D eigenvalue weighted by Gasteiger charge is -2.23. The molecule has 0 heterocycles. The molecule has 0 radical (unpaired) electrons. The summed E-state index contributed by atoms with van der Waals surface area (Å²) in [6, 6.07) is 6.29. The quantitative estimate of drug-likeness (QED) is 0.793. The number of hydrogen-bond acceptors (Lipinski definition) is 1. The summed E-state index contributed by atoms with van der Waals surface area (Å²) in [6.45, 7) is 6.43. The first-order chi connectivity index (χ1) is 8.47. The fraction of sp³-hybridized carbons (Fsp3) is 0.647. The van der Waals surface area contributed by atoms with E-state index in [1.54, 1.807) is 0 Å². The second kappa shape index (κ2) is 5.34. The van der Waals surface area contributed by atoms with Gasteiger partial charge in [0.1, 0.15) is 5.75 Å². The summed E-state index contributed by atoms with van der Waals surface area (Å²) >= 11 is 0. The van der Waals surface area contributed by atoms with Crippen molar-refractivity contribution in [1.82, 2.24) is 0 Å². The van der Waals surface area contributed by atoms with E-state index >= 15 is 0 Å². The zero-order valence-electron chi connectivity index (χ0n) is 12.0. The SMILES string of the molecule is CC(C)(C)c1ccc(CC2CCCCC2)cc1O. The van der Waals surface area contributed by atoms with Crippen molar-refractivity contribution in [2.75, 3.05) is 0 Å². The van der Waals surface area contributed by atoms with E-state index in [4.69, 9.17) is 0 Å². The van der Waals surface area contributed by atoms with Crippen molar-refractivity contribution in [2.24, 2.45) is 5.92 Å². The number of benzene rings is 1. The van der Waals surface area contributed by atoms with Crippen LogP contribution in [0.1, 0.15) is 64.0 Å². The molecule has 0 atom stereocenters. The minimum absolute atomic E-state index is 0.0213. The fourth-order valence-corrected chi connectivity index (χ4v) is 3.06. The third-order valence-electron chi connectivity index (χ3n) is 4.12. The minimum atomic E-state index is 0.0213. The van der Waals surface area contributed by atoms with Crippen LogP contribution in [0.3, 0.4) is 0 Å². The molecular weight excluding hydrogens is 220 g/mol. The van der Waals surface area contributed by atoms with Gasteiger partial charge in [-0.2, -0.15) is 0 Å². The van der Waals surface area contributed by atoms with Crippen LogP contribution in [-0.4, -0.2) is 5.11 Å². The standard InChI is InChI=1S/C17H26O/c1-17(2,3)15-10-9-14(12-16(15)18)11-13-7-5-4-6-8-13/h9-10,12-13,18H,4-8,11H2,1-3H3. The average Bonchev–Trinajstić information content (AvgIpc) is 2.28. The van der Waals surface area contributed by atoms with Gasteiger partial charge in [-0.1, -0.05) is 65.0 Å². The molecule has 18 heavy (non-hydrogen) atoms. The minimum Gasteiger partial charge on any atom is -0.508 e. The Labute approximate surface area is 111 Å². The summed E-state index contributed by atoms with van der Waals surface area (Å²) in [4.78, 5) is 0. The molecule has 0 saturated heterocycles. The number of phenols is 1. The summed E-state index contributed by atoms with van der Waals surface area (Å²) in [5.74, 6) is 1.30. The molecule has 1 aromatic rings. The molecule has 100 valence electrons. The number of rotatable bonds is 2. The molecule has 0 spiro atoms. The van der Waals surface area contributed by atoms with E-state index in [1.807, 2.05) is 6.07 Å². The zero-order chi connectivity index (χ0) is 13.2. The molecule has 1 N–H and O–H groups in total. The molecule has 1 aliphatic carbocycles. The van der Waals surface area contributed by atoms with Gasteiger partial charge >= 0.3 is 0 Å². The topological polar surface area (TPSA) is 20.2 Å². The number of phenolic OH excluding ortho intramolecular Hbond substituents is 1. The Hall–Kier alpha value is -0.980. The molecule has 0 aliphatic heterocycles. The Morgan fingerprint density at radius 1 is 1.11 bits per heavy atom. The van der Waals surface area contributed by atoms with Crippen molar-refractivity contribution in [3.8, 4) is 5.75 Å². The smallest absolute Gasteiger partial charge is 0.119 e. The van der Waals surface area contributed by atoms with E-state index in [-0.39, 0.29) is 5.41 Å². The first kappa shape index (κ1) is 13.5. The summed E-state index contributed by atoms with van der Waals surface area (Å²) < 4.78 is 0. The maximum Gasteiger partial charge on any atom is 0.119 e. The van der Waals surface area contributed by atoms with Crippen molar-refractivity contribution in [2.45, 2.75) is 64.7 Å². The van der Waals surface area contributed by atoms with Gasteiger partial charge in [0.25, 0.3) is 0 Å². The maximum absolute atomic E-state index is 10.2. The summed E-state index contributed by atoms with van der Waals surface area (Å²) in [7, 11) is 0. The van der Waals surface area contributed by atoms with Crippen molar-refractivity contribution in [1.29, 1.82) is 0 Å². The Morgan fingerprint density at radius 3 is 2.33 bits per heavy atom. The summed E-state index contributed by atoms with van der Waals surface area (Å²) in [5.41, 5.74) is 2.37. The van der Waals surface area contributed by atoms with Gasteiger partial charge in [-0.3, -0.25) is 0 Å². The molecule has 0 aromatic heterocycles. The zero-order valence-corrected chi connectivity index (χ0v) is 12.0. The molecule has 1 nitrogen and oxygen atoms in total. The van der Waals surface area contributed by atoms with Crippen LogP contribution in [0.2, 0.25) is 0 Å². The molecule has 1 heteroatoms. The lowest BCUT2D eigenvalue weighted by atomic mass is 9.82. The van der Waals surface area contributed by atoms with Crippen LogP contribution < -0.4 is 0 Å². The highest BCUT2D eigenvalue weighted by atomic mass is 16.3. The van der Waals surface area contributed by atoms with E-state index in [9.17, 15) is 5.11 Å². The predicted molar refractivity (Wildman–Crippen MR) is 77.1 cm³/mol. The van der Waals surface area contributed by atoms with Gasteiger partial charge in [-0.05, 0) is 34.9 Å². The van der Waals surface area contributed by atoms with E-state index in [0.717, 1.165) is 17.9 Å². The van der Waals surface area contributed by atoms with Crippen molar-refractivity contribution < 1.29 is 5.11 Å². The van der Waals surface area contributed by atoms with Gasteiger partial charge < -0.3 is 5.11 Å². The Bertz CT molecular complexity index is 395. The van der Waals surface area contributed by atoms with Gasteiger partial charge in [0.2, 0.25) is 0 Å². The van der Waals surface area contributed by atoms with E-state index in [1.165, 1.54) is 37.7 Å². The molecular formula is C17H26O. The van der Waals surface area contributed by atoms with Gasteiger partial charge in [-0.25, -0.2) is 0 Å². The lowest BCUT2D eigenvalue weighted by molar-refractivity contribution is 0.356. The normalized spacial score (nSPS) is 17.9. The van der Waals surface area contributed by atoms with Gasteiger partial charge in [0.05, 0.1) is 0 Å². The number of aromatic hydroxyl groups is 1. The van der Waals surface area contributed by atoms with Crippen LogP contribution in [0.15, 0.2) is 18.2 Å². The Morgan fingerprint density at radius 2 is 1.78 bits per heavy atom. The first-order valence-corrected chi connectivity index (χ1v) is 7.29. The second-order valence-electron chi connectivity index (χ2n) is 6.81. The monoisotopic (exact) mass is 246 g/mol. The predicted octanol–water partition coefficient (Wildman–Crippen LogP) is 4.81. The largest absolute Gasteiger partial charge is 0.508 e. The maximum atomic E-state index is 10.2. The molecule has 1 saturated carbocycles. The lowest BCUT2D eigenvalue weighted by Crippen LogP contribution is -2.12. The van der Waals surface area contributed by atoms with Crippen molar-refractivity contribution >= 4 is 0 Å². The van der Waals surface area contributed by atoms with Crippen LogP contribution in [0, 0.1) is 5.92 Å².